The molecule has 0 N–H and O–H groups in total. The lowest BCUT2D eigenvalue weighted by atomic mass is 10.1. The predicted molar refractivity (Wildman–Crippen MR) is 123 cm³/mol. The number of rotatable bonds is 5. The van der Waals surface area contributed by atoms with E-state index in [2.05, 4.69) is 14.9 Å². The van der Waals surface area contributed by atoms with Crippen molar-refractivity contribution in [2.24, 2.45) is 0 Å². The first-order valence-electron chi connectivity index (χ1n) is 10.4. The number of methoxy groups -OCH3 is 2. The number of ether oxygens (including phenoxy) is 2. The minimum atomic E-state index is -0.293. The topological polar surface area (TPSA) is 68.5 Å². The molecule has 0 fully saturated rings. The first kappa shape index (κ1) is 20.7. The highest BCUT2D eigenvalue weighted by Crippen LogP contribution is 2.49. The average molecular weight is 446 g/mol. The Morgan fingerprint density at radius 2 is 1.67 bits per heavy atom. The summed E-state index contributed by atoms with van der Waals surface area (Å²) < 4.78 is 26.5. The molecule has 8 nitrogen and oxygen atoms in total. The maximum absolute atomic E-state index is 13.7. The van der Waals surface area contributed by atoms with Crippen LogP contribution in [0.3, 0.4) is 0 Å². The van der Waals surface area contributed by atoms with Crippen molar-refractivity contribution in [2.75, 3.05) is 31.1 Å². The van der Waals surface area contributed by atoms with Crippen LogP contribution in [0, 0.1) is 12.7 Å². The molecule has 4 aromatic rings. The number of hydrogen-bond donors (Lipinski definition) is 0. The van der Waals surface area contributed by atoms with Gasteiger partial charge in [-0.25, -0.2) is 9.37 Å². The molecular formula is C24H23FN6O2. The van der Waals surface area contributed by atoms with E-state index in [1.54, 1.807) is 32.7 Å². The van der Waals surface area contributed by atoms with Crippen LogP contribution < -0.4 is 19.3 Å². The van der Waals surface area contributed by atoms with Crippen LogP contribution in [0.25, 0.3) is 5.69 Å². The molecule has 33 heavy (non-hydrogen) atoms. The number of nitrogens with zero attached hydrogens (tertiary/aromatic N) is 6. The standard InChI is InChI=1S/C24H23FN6O2/c1-15-13-30(14-26-15)19-9-11-20(27-23(19)33-4)31-18-10-12-21(32-3)28-22(18)29(2)24(31)16-5-7-17(25)8-6-16/h5-14,24H,1-4H3. The summed E-state index contributed by atoms with van der Waals surface area (Å²) in [5.41, 5.74) is 3.42. The van der Waals surface area contributed by atoms with E-state index in [9.17, 15) is 4.39 Å². The molecule has 0 spiro atoms. The zero-order valence-corrected chi connectivity index (χ0v) is 18.7. The van der Waals surface area contributed by atoms with Crippen molar-refractivity contribution in [1.29, 1.82) is 0 Å². The Morgan fingerprint density at radius 1 is 0.909 bits per heavy atom. The van der Waals surface area contributed by atoms with Crippen molar-refractivity contribution in [2.45, 2.75) is 13.1 Å². The molecule has 3 aromatic heterocycles. The second-order valence-electron chi connectivity index (χ2n) is 7.72. The highest BCUT2D eigenvalue weighted by Gasteiger charge is 2.38. The second kappa shape index (κ2) is 8.09. The number of aryl methyl sites for hydroxylation is 1. The predicted octanol–water partition coefficient (Wildman–Crippen LogP) is 4.41. The SMILES string of the molecule is COc1ccc2c(n1)N(C)C(c1ccc(F)cc1)N2c1ccc(-n2cnc(C)c2)c(OC)n1. The minimum absolute atomic E-state index is 0.289. The van der Waals surface area contributed by atoms with E-state index in [4.69, 9.17) is 14.5 Å². The quantitative estimate of drug-likeness (QED) is 0.450. The number of imidazole rings is 1. The molecular weight excluding hydrogens is 423 g/mol. The van der Waals surface area contributed by atoms with Gasteiger partial charge in [-0.1, -0.05) is 12.1 Å². The molecule has 5 rings (SSSR count). The Hall–Kier alpha value is -4.14. The number of fused-ring (bicyclic) bond motifs is 1. The van der Waals surface area contributed by atoms with Crippen molar-refractivity contribution in [3.8, 4) is 17.4 Å². The van der Waals surface area contributed by atoms with Crippen molar-refractivity contribution < 1.29 is 13.9 Å². The van der Waals surface area contributed by atoms with E-state index in [-0.39, 0.29) is 12.0 Å². The third-order valence-corrected chi connectivity index (χ3v) is 5.67. The number of aromatic nitrogens is 4. The van der Waals surface area contributed by atoms with Gasteiger partial charge in [-0.15, -0.1) is 0 Å². The third-order valence-electron chi connectivity index (χ3n) is 5.67. The van der Waals surface area contributed by atoms with Gasteiger partial charge in [-0.3, -0.25) is 4.90 Å². The Morgan fingerprint density at radius 3 is 2.33 bits per heavy atom. The van der Waals surface area contributed by atoms with Gasteiger partial charge in [-0.2, -0.15) is 9.97 Å². The molecule has 0 radical (unpaired) electrons. The Bertz CT molecular complexity index is 1310. The molecule has 1 aromatic carbocycles. The molecule has 0 saturated heterocycles. The van der Waals surface area contributed by atoms with Gasteiger partial charge in [-0.05, 0) is 42.8 Å². The molecule has 9 heteroatoms. The molecule has 0 bridgehead atoms. The van der Waals surface area contributed by atoms with Crippen LogP contribution in [-0.4, -0.2) is 40.8 Å². The van der Waals surface area contributed by atoms with E-state index < -0.39 is 0 Å². The van der Waals surface area contributed by atoms with Gasteiger partial charge in [0.15, 0.2) is 5.82 Å². The molecule has 4 heterocycles. The molecule has 0 amide bonds. The van der Waals surface area contributed by atoms with E-state index in [0.717, 1.165) is 28.5 Å². The Labute approximate surface area is 190 Å². The molecule has 1 atom stereocenters. The lowest BCUT2D eigenvalue weighted by Gasteiger charge is -2.30. The lowest BCUT2D eigenvalue weighted by molar-refractivity contribution is 0.396. The zero-order valence-electron chi connectivity index (χ0n) is 18.7. The Balaban J connectivity index is 1.65. The average Bonchev–Trinajstić information content (AvgIpc) is 3.40. The number of pyridine rings is 2. The summed E-state index contributed by atoms with van der Waals surface area (Å²) in [7, 11) is 5.12. The molecule has 168 valence electrons. The van der Waals surface area contributed by atoms with Gasteiger partial charge < -0.3 is 18.9 Å². The maximum Gasteiger partial charge on any atom is 0.240 e. The highest BCUT2D eigenvalue weighted by atomic mass is 19.1. The highest BCUT2D eigenvalue weighted by molar-refractivity contribution is 5.81. The molecule has 1 aliphatic rings. The summed E-state index contributed by atoms with van der Waals surface area (Å²) in [6, 6.07) is 14.1. The van der Waals surface area contributed by atoms with Gasteiger partial charge in [0.1, 0.15) is 23.5 Å². The van der Waals surface area contributed by atoms with Crippen molar-refractivity contribution >= 4 is 17.3 Å². The van der Waals surface area contributed by atoms with E-state index in [1.807, 2.05) is 53.9 Å². The lowest BCUT2D eigenvalue weighted by Crippen LogP contribution is -2.31. The molecule has 0 saturated carbocycles. The van der Waals surface area contributed by atoms with Crippen LogP contribution in [0.15, 0.2) is 61.1 Å². The fraction of sp³-hybridized carbons (Fsp3) is 0.208. The van der Waals surface area contributed by atoms with E-state index in [1.165, 1.54) is 12.1 Å². The van der Waals surface area contributed by atoms with Crippen LogP contribution in [0.4, 0.5) is 21.7 Å². The summed E-state index contributed by atoms with van der Waals surface area (Å²) in [5, 5.41) is 0. The molecule has 1 unspecified atom stereocenters. The fourth-order valence-corrected chi connectivity index (χ4v) is 4.12. The number of hydrogen-bond acceptors (Lipinski definition) is 7. The van der Waals surface area contributed by atoms with Crippen LogP contribution in [0.2, 0.25) is 0 Å². The fourth-order valence-electron chi connectivity index (χ4n) is 4.12. The molecule has 0 aliphatic carbocycles. The van der Waals surface area contributed by atoms with Crippen LogP contribution in [0.1, 0.15) is 17.4 Å². The summed E-state index contributed by atoms with van der Waals surface area (Å²) in [6.45, 7) is 1.93. The normalized spacial score (nSPS) is 15.0. The van der Waals surface area contributed by atoms with Gasteiger partial charge >= 0.3 is 0 Å². The van der Waals surface area contributed by atoms with Crippen molar-refractivity contribution in [3.05, 3.63) is 78.1 Å². The number of halogens is 1. The first-order valence-corrected chi connectivity index (χ1v) is 10.4. The Kier molecular flexibility index (Phi) is 5.08. The number of anilines is 3. The summed E-state index contributed by atoms with van der Waals surface area (Å²) in [6.07, 6.45) is 3.35. The monoisotopic (exact) mass is 446 g/mol. The maximum atomic E-state index is 13.7. The third kappa shape index (κ3) is 3.51. The largest absolute Gasteiger partial charge is 0.481 e. The van der Waals surface area contributed by atoms with Gasteiger partial charge in [0, 0.05) is 19.3 Å². The number of benzene rings is 1. The zero-order chi connectivity index (χ0) is 23.1. The van der Waals surface area contributed by atoms with Gasteiger partial charge in [0.2, 0.25) is 11.8 Å². The molecule has 1 aliphatic heterocycles. The van der Waals surface area contributed by atoms with Crippen molar-refractivity contribution in [3.63, 3.8) is 0 Å². The van der Waals surface area contributed by atoms with Crippen LogP contribution in [-0.2, 0) is 0 Å². The first-order chi connectivity index (χ1) is 16.0. The van der Waals surface area contributed by atoms with Gasteiger partial charge in [0.05, 0.1) is 31.9 Å². The smallest absolute Gasteiger partial charge is 0.240 e. The van der Waals surface area contributed by atoms with E-state index >= 15 is 0 Å². The second-order valence-corrected chi connectivity index (χ2v) is 7.72. The van der Waals surface area contributed by atoms with E-state index in [0.29, 0.717) is 17.6 Å². The van der Waals surface area contributed by atoms with Crippen molar-refractivity contribution in [1.82, 2.24) is 19.5 Å². The van der Waals surface area contributed by atoms with Gasteiger partial charge in [0.25, 0.3) is 0 Å². The summed E-state index contributed by atoms with van der Waals surface area (Å²) in [5.74, 6) is 2.08. The summed E-state index contributed by atoms with van der Waals surface area (Å²) in [4.78, 5) is 17.8. The summed E-state index contributed by atoms with van der Waals surface area (Å²) >= 11 is 0. The van der Waals surface area contributed by atoms with Crippen LogP contribution in [0.5, 0.6) is 11.8 Å². The minimum Gasteiger partial charge on any atom is -0.481 e. The van der Waals surface area contributed by atoms with Crippen LogP contribution >= 0.6 is 0 Å².